The van der Waals surface area contributed by atoms with Crippen molar-refractivity contribution in [3.63, 3.8) is 0 Å². The molecule has 0 unspecified atom stereocenters. The van der Waals surface area contributed by atoms with Gasteiger partial charge in [0.2, 0.25) is 0 Å². The number of hydrogen-bond donors (Lipinski definition) is 0. The summed E-state index contributed by atoms with van der Waals surface area (Å²) in [6.07, 6.45) is 4.90. The van der Waals surface area contributed by atoms with Gasteiger partial charge in [-0.25, -0.2) is 0 Å². The van der Waals surface area contributed by atoms with E-state index in [2.05, 4.69) is 6.58 Å². The van der Waals surface area contributed by atoms with Crippen molar-refractivity contribution in [2.75, 3.05) is 0 Å². The summed E-state index contributed by atoms with van der Waals surface area (Å²) < 4.78 is 0. The Kier molecular flexibility index (Phi) is 4.73. The van der Waals surface area contributed by atoms with Crippen LogP contribution in [-0.2, 0) is 0 Å². The highest BCUT2D eigenvalue weighted by Crippen LogP contribution is 1.96. The standard InChI is InChI=1S/C8H8N2/c1-2-3-4-5-8(6-9)7-10/h2,5H,1,3-4H2. The van der Waals surface area contributed by atoms with Crippen molar-refractivity contribution in [3.05, 3.63) is 24.3 Å². The zero-order chi connectivity index (χ0) is 7.82. The maximum absolute atomic E-state index is 8.26. The van der Waals surface area contributed by atoms with Crippen molar-refractivity contribution in [1.29, 1.82) is 10.5 Å². The maximum Gasteiger partial charge on any atom is 0.125 e. The molecule has 0 aromatic rings. The number of unbranched alkanes of at least 4 members (excludes halogenated alkanes) is 1. The lowest BCUT2D eigenvalue weighted by molar-refractivity contribution is 1.05. The molecule has 0 fully saturated rings. The Morgan fingerprint density at radius 2 is 1.90 bits per heavy atom. The molecule has 0 saturated heterocycles. The summed E-state index contributed by atoms with van der Waals surface area (Å²) in [6, 6.07) is 3.55. The third kappa shape index (κ3) is 3.46. The van der Waals surface area contributed by atoms with Gasteiger partial charge in [0.05, 0.1) is 0 Å². The van der Waals surface area contributed by atoms with Crippen molar-refractivity contribution in [2.45, 2.75) is 12.8 Å². The second kappa shape index (κ2) is 5.59. The SMILES string of the molecule is C=CCCC=C(C#N)C#N. The Hall–Kier alpha value is -1.54. The molecule has 0 spiro atoms. The molecule has 0 aromatic heterocycles. The predicted molar refractivity (Wildman–Crippen MR) is 38.7 cm³/mol. The first-order chi connectivity index (χ1) is 4.85. The molecule has 0 rings (SSSR count). The van der Waals surface area contributed by atoms with Gasteiger partial charge in [0.1, 0.15) is 17.7 Å². The summed E-state index contributed by atoms with van der Waals surface area (Å²) in [5, 5.41) is 16.5. The lowest BCUT2D eigenvalue weighted by Crippen LogP contribution is -1.71. The molecule has 0 radical (unpaired) electrons. The summed E-state index contributed by atoms with van der Waals surface area (Å²) in [5.74, 6) is 0. The normalized spacial score (nSPS) is 7.00. The average molecular weight is 132 g/mol. The molecule has 2 heteroatoms. The van der Waals surface area contributed by atoms with Gasteiger partial charge in [-0.3, -0.25) is 0 Å². The third-order valence-electron chi connectivity index (χ3n) is 0.960. The molecule has 0 amide bonds. The first-order valence-electron chi connectivity index (χ1n) is 2.96. The highest BCUT2D eigenvalue weighted by atomic mass is 14.3. The van der Waals surface area contributed by atoms with Crippen LogP contribution in [0.1, 0.15) is 12.8 Å². The predicted octanol–water partition coefficient (Wildman–Crippen LogP) is 1.93. The van der Waals surface area contributed by atoms with E-state index in [9.17, 15) is 0 Å². The van der Waals surface area contributed by atoms with Crippen molar-refractivity contribution < 1.29 is 0 Å². The van der Waals surface area contributed by atoms with Crippen LogP contribution in [0.3, 0.4) is 0 Å². The van der Waals surface area contributed by atoms with Crippen LogP contribution >= 0.6 is 0 Å². The molecule has 0 atom stereocenters. The Labute approximate surface area is 60.7 Å². The fourth-order valence-corrected chi connectivity index (χ4v) is 0.462. The number of allylic oxidation sites excluding steroid dienone is 3. The van der Waals surface area contributed by atoms with Gasteiger partial charge in [-0.05, 0) is 12.8 Å². The van der Waals surface area contributed by atoms with Gasteiger partial charge in [-0.2, -0.15) is 10.5 Å². The molecule has 2 nitrogen and oxygen atoms in total. The summed E-state index contributed by atoms with van der Waals surface area (Å²) in [7, 11) is 0. The van der Waals surface area contributed by atoms with E-state index in [0.29, 0.717) is 0 Å². The Bertz CT molecular complexity index is 196. The van der Waals surface area contributed by atoms with Crippen LogP contribution in [0.15, 0.2) is 24.3 Å². The topological polar surface area (TPSA) is 47.6 Å². The minimum atomic E-state index is 0.182. The second-order valence-electron chi connectivity index (χ2n) is 1.71. The van der Waals surface area contributed by atoms with Crippen molar-refractivity contribution >= 4 is 0 Å². The summed E-state index contributed by atoms with van der Waals surface area (Å²) in [5.41, 5.74) is 0.182. The van der Waals surface area contributed by atoms with E-state index in [1.54, 1.807) is 24.3 Å². The highest BCUT2D eigenvalue weighted by molar-refractivity contribution is 5.34. The quantitative estimate of drug-likeness (QED) is 0.334. The van der Waals surface area contributed by atoms with E-state index >= 15 is 0 Å². The molecule has 0 saturated carbocycles. The van der Waals surface area contributed by atoms with Gasteiger partial charge < -0.3 is 0 Å². The van der Waals surface area contributed by atoms with Gasteiger partial charge in [-0.15, -0.1) is 6.58 Å². The van der Waals surface area contributed by atoms with Gasteiger partial charge in [0, 0.05) is 0 Å². The van der Waals surface area contributed by atoms with Crippen molar-refractivity contribution in [2.24, 2.45) is 0 Å². The fourth-order valence-electron chi connectivity index (χ4n) is 0.462. The average Bonchev–Trinajstić information content (AvgIpc) is 1.99. The first-order valence-corrected chi connectivity index (χ1v) is 2.96. The van der Waals surface area contributed by atoms with Crippen LogP contribution in [0.2, 0.25) is 0 Å². The zero-order valence-corrected chi connectivity index (χ0v) is 5.67. The van der Waals surface area contributed by atoms with Gasteiger partial charge in [-0.1, -0.05) is 12.2 Å². The minimum Gasteiger partial charge on any atom is -0.192 e. The smallest absolute Gasteiger partial charge is 0.125 e. The summed E-state index contributed by atoms with van der Waals surface area (Å²) in [6.45, 7) is 3.51. The van der Waals surface area contributed by atoms with Crippen molar-refractivity contribution in [3.8, 4) is 12.1 Å². The van der Waals surface area contributed by atoms with Crippen molar-refractivity contribution in [1.82, 2.24) is 0 Å². The van der Waals surface area contributed by atoms with E-state index in [1.807, 2.05) is 0 Å². The molecule has 0 heterocycles. The van der Waals surface area contributed by atoms with Crippen LogP contribution in [0, 0.1) is 22.7 Å². The minimum absolute atomic E-state index is 0.182. The maximum atomic E-state index is 8.26. The monoisotopic (exact) mass is 132 g/mol. The van der Waals surface area contributed by atoms with Gasteiger partial charge >= 0.3 is 0 Å². The van der Waals surface area contributed by atoms with Crippen LogP contribution in [0.25, 0.3) is 0 Å². The van der Waals surface area contributed by atoms with Crippen LogP contribution in [-0.4, -0.2) is 0 Å². The van der Waals surface area contributed by atoms with Gasteiger partial charge in [0.15, 0.2) is 0 Å². The Balaban J connectivity index is 3.81. The fraction of sp³-hybridized carbons (Fsp3) is 0.250. The molecular weight excluding hydrogens is 124 g/mol. The molecule has 0 N–H and O–H groups in total. The molecule has 0 aliphatic rings. The van der Waals surface area contributed by atoms with Crippen LogP contribution < -0.4 is 0 Å². The van der Waals surface area contributed by atoms with Crippen LogP contribution in [0.4, 0.5) is 0 Å². The van der Waals surface area contributed by atoms with E-state index in [1.165, 1.54) is 0 Å². The molecule has 10 heavy (non-hydrogen) atoms. The molecule has 0 bridgehead atoms. The van der Waals surface area contributed by atoms with E-state index in [0.717, 1.165) is 12.8 Å². The molecular formula is C8H8N2. The first kappa shape index (κ1) is 8.46. The van der Waals surface area contributed by atoms with E-state index in [-0.39, 0.29) is 5.57 Å². The summed E-state index contributed by atoms with van der Waals surface area (Å²) >= 11 is 0. The number of hydrogen-bond acceptors (Lipinski definition) is 2. The lowest BCUT2D eigenvalue weighted by Gasteiger charge is -1.82. The van der Waals surface area contributed by atoms with E-state index in [4.69, 9.17) is 10.5 Å². The lowest BCUT2D eigenvalue weighted by atomic mass is 10.2. The third-order valence-corrected chi connectivity index (χ3v) is 0.960. The second-order valence-corrected chi connectivity index (χ2v) is 1.71. The number of rotatable bonds is 3. The van der Waals surface area contributed by atoms with Gasteiger partial charge in [0.25, 0.3) is 0 Å². The molecule has 0 aromatic carbocycles. The highest BCUT2D eigenvalue weighted by Gasteiger charge is 1.87. The van der Waals surface area contributed by atoms with Crippen LogP contribution in [0.5, 0.6) is 0 Å². The number of nitrogens with zero attached hydrogens (tertiary/aromatic N) is 2. The Morgan fingerprint density at radius 3 is 2.30 bits per heavy atom. The molecule has 0 aliphatic heterocycles. The Morgan fingerprint density at radius 1 is 1.30 bits per heavy atom. The molecule has 0 aliphatic carbocycles. The van der Waals surface area contributed by atoms with E-state index < -0.39 is 0 Å². The number of nitriles is 2. The summed E-state index contributed by atoms with van der Waals surface area (Å²) in [4.78, 5) is 0. The largest absolute Gasteiger partial charge is 0.192 e. The molecule has 50 valence electrons. The zero-order valence-electron chi connectivity index (χ0n) is 5.67.